The topological polar surface area (TPSA) is 83.0 Å². The third-order valence-electron chi connectivity index (χ3n) is 6.75. The highest BCUT2D eigenvalue weighted by atomic mass is 32.2. The molecule has 1 aromatic heterocycles. The Labute approximate surface area is 203 Å². The summed E-state index contributed by atoms with van der Waals surface area (Å²) in [4.78, 5) is 6.54. The summed E-state index contributed by atoms with van der Waals surface area (Å²) < 4.78 is 35.2. The molecule has 0 amide bonds. The van der Waals surface area contributed by atoms with E-state index in [1.165, 1.54) is 9.88 Å². The van der Waals surface area contributed by atoms with Crippen molar-refractivity contribution in [1.29, 1.82) is 0 Å². The van der Waals surface area contributed by atoms with Gasteiger partial charge in [0, 0.05) is 44.0 Å². The van der Waals surface area contributed by atoms with E-state index in [9.17, 15) is 13.5 Å². The largest absolute Gasteiger partial charge is 0.487 e. The number of ether oxygens (including phenoxy) is 1. The first kappa shape index (κ1) is 24.9. The van der Waals surface area contributed by atoms with E-state index in [0.717, 1.165) is 36.9 Å². The second-order valence-electron chi connectivity index (χ2n) is 9.58. The summed E-state index contributed by atoms with van der Waals surface area (Å²) in [6, 6.07) is 8.88. The summed E-state index contributed by atoms with van der Waals surface area (Å²) in [5.41, 5.74) is 3.37. The lowest BCUT2D eigenvalue weighted by Crippen LogP contribution is -2.49. The van der Waals surface area contributed by atoms with Gasteiger partial charge in [-0.05, 0) is 68.1 Å². The number of fused-ring (bicyclic) bond motifs is 1. The summed E-state index contributed by atoms with van der Waals surface area (Å²) in [6.07, 6.45) is 8.77. The van der Waals surface area contributed by atoms with Crippen molar-refractivity contribution >= 4 is 15.6 Å². The molecule has 0 saturated carbocycles. The molecule has 1 aliphatic heterocycles. The first-order valence-electron chi connectivity index (χ1n) is 12.0. The number of pyridine rings is 1. The minimum absolute atomic E-state index is 0.0809. The van der Waals surface area contributed by atoms with Gasteiger partial charge in [0.1, 0.15) is 16.7 Å². The Morgan fingerprint density at radius 1 is 1.32 bits per heavy atom. The van der Waals surface area contributed by atoms with Crippen LogP contribution in [0.4, 0.5) is 0 Å². The smallest absolute Gasteiger partial charge is 0.247 e. The van der Waals surface area contributed by atoms with E-state index in [1.807, 2.05) is 44.4 Å². The number of allylic oxidation sites excluding steroid dienone is 2. The first-order valence-corrected chi connectivity index (χ1v) is 13.4. The molecule has 1 aliphatic carbocycles. The van der Waals surface area contributed by atoms with Crippen molar-refractivity contribution in [1.82, 2.24) is 14.2 Å². The molecule has 7 nitrogen and oxygen atoms in total. The van der Waals surface area contributed by atoms with Gasteiger partial charge in [-0.1, -0.05) is 25.1 Å². The van der Waals surface area contributed by atoms with Crippen molar-refractivity contribution < 1.29 is 18.3 Å². The summed E-state index contributed by atoms with van der Waals surface area (Å²) >= 11 is 0. The molecule has 0 saturated heterocycles. The fourth-order valence-corrected chi connectivity index (χ4v) is 6.58. The molecule has 2 aromatic rings. The molecular formula is C26H35N3O4S. The van der Waals surface area contributed by atoms with Gasteiger partial charge in [-0.3, -0.25) is 9.88 Å². The van der Waals surface area contributed by atoms with Gasteiger partial charge in [0.25, 0.3) is 0 Å². The Bertz CT molecular complexity index is 1120. The van der Waals surface area contributed by atoms with Gasteiger partial charge < -0.3 is 9.84 Å². The van der Waals surface area contributed by atoms with Gasteiger partial charge in [0.15, 0.2) is 0 Å². The van der Waals surface area contributed by atoms with Crippen LogP contribution in [0.2, 0.25) is 0 Å². The Balaban J connectivity index is 1.69. The van der Waals surface area contributed by atoms with Gasteiger partial charge in [0.05, 0.1) is 6.61 Å². The number of rotatable bonds is 7. The van der Waals surface area contributed by atoms with E-state index in [2.05, 4.69) is 16.0 Å². The molecule has 34 heavy (non-hydrogen) atoms. The average Bonchev–Trinajstić information content (AvgIpc) is 3.36. The summed E-state index contributed by atoms with van der Waals surface area (Å²) in [5, 5.41) is 9.82. The van der Waals surface area contributed by atoms with Gasteiger partial charge >= 0.3 is 0 Å². The molecule has 8 heteroatoms. The van der Waals surface area contributed by atoms with Crippen LogP contribution in [-0.2, 0) is 16.6 Å². The monoisotopic (exact) mass is 485 g/mol. The van der Waals surface area contributed by atoms with Crippen LogP contribution >= 0.6 is 0 Å². The highest BCUT2D eigenvalue weighted by Crippen LogP contribution is 2.37. The maximum absolute atomic E-state index is 13.6. The molecular weight excluding hydrogens is 450 g/mol. The van der Waals surface area contributed by atoms with E-state index < -0.39 is 16.1 Å². The number of aromatic nitrogens is 1. The number of sulfonamides is 1. The number of benzene rings is 1. The van der Waals surface area contributed by atoms with Crippen molar-refractivity contribution in [3.63, 3.8) is 0 Å². The highest BCUT2D eigenvalue weighted by Gasteiger charge is 2.38. The van der Waals surface area contributed by atoms with Crippen LogP contribution in [0.15, 0.2) is 53.7 Å². The van der Waals surface area contributed by atoms with E-state index in [4.69, 9.17) is 4.74 Å². The van der Waals surface area contributed by atoms with Crippen LogP contribution in [0.1, 0.15) is 44.2 Å². The second kappa shape index (κ2) is 10.6. The standard InChI is InChI=1S/C26H35N3O4S/c1-19-15-29(20(2)18-30)34(31,32)26-11-10-23(22-8-4-5-9-22)13-24(26)33-25(19)17-28(3)16-21-7-6-12-27-14-21/h6-8,10-14,19-20,25,30H,4-5,9,15-18H2,1-3H3/t19-,20?,25+/m1/s1. The van der Waals surface area contributed by atoms with Crippen LogP contribution in [-0.4, -0.2) is 66.6 Å². The van der Waals surface area contributed by atoms with Crippen molar-refractivity contribution in [3.8, 4) is 5.75 Å². The Morgan fingerprint density at radius 3 is 2.82 bits per heavy atom. The zero-order valence-electron chi connectivity index (χ0n) is 20.2. The minimum atomic E-state index is -3.82. The lowest BCUT2D eigenvalue weighted by Gasteiger charge is -2.37. The zero-order chi connectivity index (χ0) is 24.3. The quantitative estimate of drug-likeness (QED) is 0.646. The van der Waals surface area contributed by atoms with Crippen LogP contribution in [0.25, 0.3) is 5.57 Å². The molecule has 0 bridgehead atoms. The molecule has 0 spiro atoms. The number of aliphatic hydroxyl groups is 1. The Morgan fingerprint density at radius 2 is 2.15 bits per heavy atom. The number of aliphatic hydroxyl groups excluding tert-OH is 1. The second-order valence-corrected chi connectivity index (χ2v) is 11.4. The minimum Gasteiger partial charge on any atom is -0.487 e. The van der Waals surface area contributed by atoms with Crippen LogP contribution in [0, 0.1) is 5.92 Å². The summed E-state index contributed by atoms with van der Waals surface area (Å²) in [6.45, 7) is 5.15. The maximum Gasteiger partial charge on any atom is 0.247 e. The van der Waals surface area contributed by atoms with Gasteiger partial charge in [-0.15, -0.1) is 0 Å². The third kappa shape index (κ3) is 5.35. The van der Waals surface area contributed by atoms with E-state index in [0.29, 0.717) is 12.3 Å². The van der Waals surface area contributed by atoms with Gasteiger partial charge in [-0.2, -0.15) is 4.31 Å². The van der Waals surface area contributed by atoms with E-state index in [-0.39, 0.29) is 30.1 Å². The SMILES string of the molecule is CC(CO)N1C[C@@H](C)[C@H](CN(C)Cc2cccnc2)Oc2cc(C3=CCCC3)ccc2S1(=O)=O. The summed E-state index contributed by atoms with van der Waals surface area (Å²) in [5.74, 6) is 0.314. The first-order chi connectivity index (χ1) is 16.3. The van der Waals surface area contributed by atoms with Gasteiger partial charge in [-0.25, -0.2) is 8.42 Å². The highest BCUT2D eigenvalue weighted by molar-refractivity contribution is 7.89. The van der Waals surface area contributed by atoms with Gasteiger partial charge in [0.2, 0.25) is 10.0 Å². The zero-order valence-corrected chi connectivity index (χ0v) is 21.0. The molecule has 0 radical (unpaired) electrons. The lowest BCUT2D eigenvalue weighted by atomic mass is 10.0. The molecule has 2 heterocycles. The lowest BCUT2D eigenvalue weighted by molar-refractivity contribution is 0.0733. The molecule has 3 atom stereocenters. The van der Waals surface area contributed by atoms with Crippen molar-refractivity contribution in [2.24, 2.45) is 5.92 Å². The molecule has 1 N–H and O–H groups in total. The normalized spacial score (nSPS) is 23.5. The Kier molecular flexibility index (Phi) is 7.72. The van der Waals surface area contributed by atoms with Crippen LogP contribution in [0.3, 0.4) is 0 Å². The van der Waals surface area contributed by atoms with E-state index in [1.54, 1.807) is 19.2 Å². The predicted octanol–water partition coefficient (Wildman–Crippen LogP) is 3.55. The molecule has 0 fully saturated rings. The third-order valence-corrected chi connectivity index (χ3v) is 8.77. The fraction of sp³-hybridized carbons (Fsp3) is 0.500. The summed E-state index contributed by atoms with van der Waals surface area (Å²) in [7, 11) is -1.79. The molecule has 1 unspecified atom stereocenters. The number of nitrogens with zero attached hydrogens (tertiary/aromatic N) is 3. The van der Waals surface area contributed by atoms with Crippen molar-refractivity contribution in [2.75, 3.05) is 26.7 Å². The van der Waals surface area contributed by atoms with Crippen molar-refractivity contribution in [2.45, 2.75) is 56.7 Å². The number of hydrogen-bond donors (Lipinski definition) is 1. The molecule has 4 rings (SSSR count). The molecule has 184 valence electrons. The van der Waals surface area contributed by atoms with Crippen molar-refractivity contribution in [3.05, 3.63) is 59.9 Å². The maximum atomic E-state index is 13.6. The Hall–Kier alpha value is -2.26. The number of likely N-dealkylation sites (N-methyl/N-ethyl adjacent to an activating group) is 1. The molecule has 1 aromatic carbocycles. The number of hydrogen-bond acceptors (Lipinski definition) is 6. The molecule has 2 aliphatic rings. The van der Waals surface area contributed by atoms with E-state index >= 15 is 0 Å². The average molecular weight is 486 g/mol. The van der Waals surface area contributed by atoms with Crippen LogP contribution in [0.5, 0.6) is 5.75 Å². The van der Waals surface area contributed by atoms with Crippen LogP contribution < -0.4 is 4.74 Å². The fourth-order valence-electron chi connectivity index (χ4n) is 4.75. The predicted molar refractivity (Wildman–Crippen MR) is 133 cm³/mol.